The van der Waals surface area contributed by atoms with E-state index in [1.807, 2.05) is 0 Å². The molecule has 0 bridgehead atoms. The average Bonchev–Trinajstić information content (AvgIpc) is 2.28. The second-order valence-electron chi connectivity index (χ2n) is 4.16. The van der Waals surface area contributed by atoms with Gasteiger partial charge in [-0.15, -0.1) is 0 Å². The van der Waals surface area contributed by atoms with E-state index in [1.54, 1.807) is 0 Å². The molecule has 2 atom stereocenters. The predicted octanol–water partition coefficient (Wildman–Crippen LogP) is 4.06. The molecule has 0 radical (unpaired) electrons. The zero-order valence-electron chi connectivity index (χ0n) is 8.47. The Bertz CT molecular complexity index is 133. The van der Waals surface area contributed by atoms with Crippen LogP contribution in [0.5, 0.6) is 0 Å². The minimum absolute atomic E-state index is 0.366. The van der Waals surface area contributed by atoms with Crippen molar-refractivity contribution in [2.24, 2.45) is 5.92 Å². The highest BCUT2D eigenvalue weighted by Gasteiger charge is 2.32. The highest BCUT2D eigenvalue weighted by atomic mass is 32.1. The fourth-order valence-corrected chi connectivity index (χ4v) is 2.99. The summed E-state index contributed by atoms with van der Waals surface area (Å²) in [6.07, 6.45) is 9.57. The summed E-state index contributed by atoms with van der Waals surface area (Å²) in [6, 6.07) is 0. The molecule has 1 heteroatoms. The first-order valence-electron chi connectivity index (χ1n) is 5.45. The minimum Gasteiger partial charge on any atom is -0.172 e. The first-order chi connectivity index (χ1) is 5.73. The molecule has 12 heavy (non-hydrogen) atoms. The smallest absolute Gasteiger partial charge is 0.0155 e. The van der Waals surface area contributed by atoms with E-state index in [2.05, 4.69) is 13.8 Å². The molecule has 1 fully saturated rings. The van der Waals surface area contributed by atoms with Crippen LogP contribution in [-0.2, 0) is 0 Å². The second-order valence-corrected chi connectivity index (χ2v) is 5.05. The van der Waals surface area contributed by atoms with Crippen molar-refractivity contribution < 1.29 is 0 Å². The molecule has 2 unspecified atom stereocenters. The largest absolute Gasteiger partial charge is 0.172 e. The van der Waals surface area contributed by atoms with Crippen LogP contribution in [0.25, 0.3) is 0 Å². The normalized spacial score (nSPS) is 37.8. The summed E-state index contributed by atoms with van der Waals surface area (Å²) in [6.45, 7) is 4.61. The van der Waals surface area contributed by atoms with Crippen molar-refractivity contribution in [1.29, 1.82) is 0 Å². The number of rotatable bonds is 2. The van der Waals surface area contributed by atoms with E-state index in [1.165, 1.54) is 44.9 Å². The summed E-state index contributed by atoms with van der Waals surface area (Å²) in [7, 11) is 0. The van der Waals surface area contributed by atoms with Gasteiger partial charge in [-0.1, -0.05) is 39.5 Å². The Labute approximate surface area is 82.5 Å². The summed E-state index contributed by atoms with van der Waals surface area (Å²) in [5.41, 5.74) is 0. The Morgan fingerprint density at radius 3 is 2.58 bits per heavy atom. The van der Waals surface area contributed by atoms with E-state index in [9.17, 15) is 0 Å². The third-order valence-electron chi connectivity index (χ3n) is 3.53. The van der Waals surface area contributed by atoms with Crippen LogP contribution in [0.4, 0.5) is 0 Å². The van der Waals surface area contributed by atoms with Crippen LogP contribution in [0.2, 0.25) is 0 Å². The number of thiol groups is 1. The van der Waals surface area contributed by atoms with Crippen molar-refractivity contribution in [2.45, 2.75) is 63.5 Å². The second kappa shape index (κ2) is 4.55. The maximum atomic E-state index is 4.89. The minimum atomic E-state index is 0.366. The summed E-state index contributed by atoms with van der Waals surface area (Å²) in [5.74, 6) is 0.869. The molecular weight excluding hydrogens is 164 g/mol. The van der Waals surface area contributed by atoms with Crippen LogP contribution in [0.1, 0.15) is 58.8 Å². The molecule has 0 N–H and O–H groups in total. The van der Waals surface area contributed by atoms with Gasteiger partial charge in [-0.05, 0) is 25.2 Å². The molecule has 1 aliphatic rings. The van der Waals surface area contributed by atoms with Crippen LogP contribution < -0.4 is 0 Å². The molecule has 1 saturated carbocycles. The van der Waals surface area contributed by atoms with E-state index >= 15 is 0 Å². The van der Waals surface area contributed by atoms with Gasteiger partial charge < -0.3 is 0 Å². The Kier molecular flexibility index (Phi) is 3.95. The number of hydrogen-bond donors (Lipinski definition) is 1. The molecular formula is C11H22S. The maximum Gasteiger partial charge on any atom is 0.0155 e. The van der Waals surface area contributed by atoms with Crippen molar-refractivity contribution in [2.75, 3.05) is 0 Å². The molecule has 0 heterocycles. The highest BCUT2D eigenvalue weighted by Crippen LogP contribution is 2.41. The summed E-state index contributed by atoms with van der Waals surface area (Å²) in [4.78, 5) is 0. The zero-order valence-corrected chi connectivity index (χ0v) is 9.37. The summed E-state index contributed by atoms with van der Waals surface area (Å²) < 4.78 is 0.366. The van der Waals surface area contributed by atoms with Crippen molar-refractivity contribution >= 4 is 12.6 Å². The molecule has 0 spiro atoms. The van der Waals surface area contributed by atoms with Gasteiger partial charge in [-0.3, -0.25) is 0 Å². The van der Waals surface area contributed by atoms with Gasteiger partial charge in [0.15, 0.2) is 0 Å². The van der Waals surface area contributed by atoms with Crippen molar-refractivity contribution in [3.8, 4) is 0 Å². The lowest BCUT2D eigenvalue weighted by Gasteiger charge is -2.34. The Morgan fingerprint density at radius 2 is 2.00 bits per heavy atom. The summed E-state index contributed by atoms with van der Waals surface area (Å²) in [5, 5.41) is 0. The lowest BCUT2D eigenvalue weighted by Crippen LogP contribution is -2.29. The molecule has 72 valence electrons. The third-order valence-corrected chi connectivity index (χ3v) is 4.43. The zero-order chi connectivity index (χ0) is 9.03. The first-order valence-corrected chi connectivity index (χ1v) is 5.90. The standard InChI is InChI=1S/C11H22S/c1-3-10-8-6-5-7-9-11(10,12)4-2/h10,12H,3-9H2,1-2H3. The topological polar surface area (TPSA) is 0 Å². The average molecular weight is 186 g/mol. The fourth-order valence-electron chi connectivity index (χ4n) is 2.52. The molecule has 0 nitrogen and oxygen atoms in total. The Morgan fingerprint density at radius 1 is 1.25 bits per heavy atom. The summed E-state index contributed by atoms with van der Waals surface area (Å²) >= 11 is 4.89. The van der Waals surface area contributed by atoms with Gasteiger partial charge in [0, 0.05) is 4.75 Å². The van der Waals surface area contributed by atoms with E-state index in [0.29, 0.717) is 4.75 Å². The van der Waals surface area contributed by atoms with E-state index in [0.717, 1.165) is 5.92 Å². The molecule has 0 amide bonds. The van der Waals surface area contributed by atoms with Gasteiger partial charge in [0.25, 0.3) is 0 Å². The van der Waals surface area contributed by atoms with Gasteiger partial charge in [0.2, 0.25) is 0 Å². The van der Waals surface area contributed by atoms with Crippen LogP contribution in [-0.4, -0.2) is 4.75 Å². The quantitative estimate of drug-likeness (QED) is 0.488. The van der Waals surface area contributed by atoms with Crippen LogP contribution in [0.15, 0.2) is 0 Å². The molecule has 0 aliphatic heterocycles. The van der Waals surface area contributed by atoms with Gasteiger partial charge in [0.1, 0.15) is 0 Å². The van der Waals surface area contributed by atoms with Crippen molar-refractivity contribution in [1.82, 2.24) is 0 Å². The first kappa shape index (κ1) is 10.4. The molecule has 0 aromatic rings. The van der Waals surface area contributed by atoms with Crippen molar-refractivity contribution in [3.05, 3.63) is 0 Å². The van der Waals surface area contributed by atoms with Crippen LogP contribution >= 0.6 is 12.6 Å². The predicted molar refractivity (Wildman–Crippen MR) is 58.9 cm³/mol. The number of hydrogen-bond acceptors (Lipinski definition) is 1. The molecule has 1 aliphatic carbocycles. The van der Waals surface area contributed by atoms with Gasteiger partial charge in [-0.25, -0.2) is 0 Å². The lowest BCUT2D eigenvalue weighted by atomic mass is 9.83. The van der Waals surface area contributed by atoms with Gasteiger partial charge >= 0.3 is 0 Å². The Hall–Kier alpha value is 0.350. The molecule has 0 aromatic carbocycles. The monoisotopic (exact) mass is 186 g/mol. The molecule has 1 rings (SSSR count). The van der Waals surface area contributed by atoms with Gasteiger partial charge in [-0.2, -0.15) is 12.6 Å². The third kappa shape index (κ3) is 2.18. The highest BCUT2D eigenvalue weighted by molar-refractivity contribution is 7.81. The fraction of sp³-hybridized carbons (Fsp3) is 1.00. The molecule has 0 aromatic heterocycles. The Balaban J connectivity index is 2.63. The molecule has 0 saturated heterocycles. The van der Waals surface area contributed by atoms with E-state index in [-0.39, 0.29) is 0 Å². The van der Waals surface area contributed by atoms with Crippen LogP contribution in [0.3, 0.4) is 0 Å². The van der Waals surface area contributed by atoms with E-state index in [4.69, 9.17) is 12.6 Å². The van der Waals surface area contributed by atoms with E-state index < -0.39 is 0 Å². The SMILES string of the molecule is CCC1CCCCCC1(S)CC. The van der Waals surface area contributed by atoms with Crippen LogP contribution in [0, 0.1) is 5.92 Å². The van der Waals surface area contributed by atoms with Gasteiger partial charge in [0.05, 0.1) is 0 Å². The maximum absolute atomic E-state index is 4.89. The lowest BCUT2D eigenvalue weighted by molar-refractivity contribution is 0.338. The van der Waals surface area contributed by atoms with Crippen molar-refractivity contribution in [3.63, 3.8) is 0 Å².